The highest BCUT2D eigenvalue weighted by molar-refractivity contribution is 5.86. The second-order valence-electron chi connectivity index (χ2n) is 3.27. The average Bonchev–Trinajstić information content (AvgIpc) is 2.12. The molecule has 0 bridgehead atoms. The zero-order chi connectivity index (χ0) is 12.7. The van der Waals surface area contributed by atoms with E-state index in [2.05, 4.69) is 11.9 Å². The third kappa shape index (κ3) is 6.41. The summed E-state index contributed by atoms with van der Waals surface area (Å²) in [7, 11) is 0. The quantitative estimate of drug-likeness (QED) is 0.471. The number of carbonyl (C=O) groups excluding carboxylic acids is 1. The Morgan fingerprint density at radius 3 is 2.25 bits per heavy atom. The highest BCUT2D eigenvalue weighted by Crippen LogP contribution is 1.92. The third-order valence-electron chi connectivity index (χ3n) is 1.53. The number of carboxylic acids is 2. The van der Waals surface area contributed by atoms with Gasteiger partial charge in [-0.25, -0.2) is 9.59 Å². The molecule has 0 aliphatic rings. The van der Waals surface area contributed by atoms with E-state index in [-0.39, 0.29) is 6.54 Å². The van der Waals surface area contributed by atoms with Crippen molar-refractivity contribution in [3.8, 4) is 0 Å². The van der Waals surface area contributed by atoms with Gasteiger partial charge in [-0.1, -0.05) is 12.2 Å². The number of urea groups is 1. The van der Waals surface area contributed by atoms with Crippen LogP contribution in [0.1, 0.15) is 13.3 Å². The van der Waals surface area contributed by atoms with Crippen molar-refractivity contribution in [3.05, 3.63) is 12.2 Å². The molecule has 4 N–H and O–H groups in total. The summed E-state index contributed by atoms with van der Waals surface area (Å²) >= 11 is 0. The fraction of sp³-hybridized carbons (Fsp3) is 0.444. The van der Waals surface area contributed by atoms with Crippen molar-refractivity contribution in [3.63, 3.8) is 0 Å². The van der Waals surface area contributed by atoms with E-state index in [0.29, 0.717) is 5.57 Å². The lowest BCUT2D eigenvalue weighted by Gasteiger charge is -2.13. The van der Waals surface area contributed by atoms with Crippen LogP contribution in [0.4, 0.5) is 4.79 Å². The summed E-state index contributed by atoms with van der Waals surface area (Å²) in [6.45, 7) is 5.42. The maximum atomic E-state index is 11.1. The molecule has 7 heteroatoms. The molecule has 0 radical (unpaired) electrons. The lowest BCUT2D eigenvalue weighted by atomic mass is 10.2. The SMILES string of the molecule is C=C(C)CNC(=O)N[C@H](CC(=O)O)C(=O)O. The molecule has 0 saturated heterocycles. The molecular weight excluding hydrogens is 216 g/mol. The summed E-state index contributed by atoms with van der Waals surface area (Å²) in [6, 6.07) is -2.18. The van der Waals surface area contributed by atoms with Crippen molar-refractivity contribution >= 4 is 18.0 Å². The summed E-state index contributed by atoms with van der Waals surface area (Å²) in [5.74, 6) is -2.69. The Balaban J connectivity index is 4.18. The second-order valence-corrected chi connectivity index (χ2v) is 3.27. The van der Waals surface area contributed by atoms with E-state index >= 15 is 0 Å². The van der Waals surface area contributed by atoms with Gasteiger partial charge in [-0.05, 0) is 6.92 Å². The fourth-order valence-corrected chi connectivity index (χ4v) is 0.815. The summed E-state index contributed by atoms with van der Waals surface area (Å²) in [4.78, 5) is 32.0. The number of carboxylic acid groups (broad SMARTS) is 2. The van der Waals surface area contributed by atoms with Crippen molar-refractivity contribution in [2.24, 2.45) is 0 Å². The number of nitrogens with one attached hydrogen (secondary N) is 2. The van der Waals surface area contributed by atoms with E-state index < -0.39 is 30.4 Å². The zero-order valence-corrected chi connectivity index (χ0v) is 8.82. The summed E-state index contributed by atoms with van der Waals surface area (Å²) in [5, 5.41) is 21.4. The van der Waals surface area contributed by atoms with Gasteiger partial charge in [0.1, 0.15) is 6.04 Å². The molecule has 7 nitrogen and oxygen atoms in total. The van der Waals surface area contributed by atoms with Crippen molar-refractivity contribution in [1.29, 1.82) is 0 Å². The van der Waals surface area contributed by atoms with Crippen LogP contribution in [0.3, 0.4) is 0 Å². The summed E-state index contributed by atoms with van der Waals surface area (Å²) < 4.78 is 0. The molecule has 0 aliphatic carbocycles. The van der Waals surface area contributed by atoms with Crippen molar-refractivity contribution in [1.82, 2.24) is 10.6 Å². The molecule has 2 amide bonds. The van der Waals surface area contributed by atoms with E-state index in [1.807, 2.05) is 5.32 Å². The molecule has 90 valence electrons. The lowest BCUT2D eigenvalue weighted by Crippen LogP contribution is -2.47. The first kappa shape index (κ1) is 13.9. The molecule has 0 fully saturated rings. The van der Waals surface area contributed by atoms with Crippen LogP contribution in [0.5, 0.6) is 0 Å². The van der Waals surface area contributed by atoms with Crippen LogP contribution in [-0.2, 0) is 9.59 Å². The molecule has 16 heavy (non-hydrogen) atoms. The number of amides is 2. The summed E-state index contributed by atoms with van der Waals surface area (Å²) in [6.07, 6.45) is -0.671. The Morgan fingerprint density at radius 1 is 1.31 bits per heavy atom. The Hall–Kier alpha value is -2.05. The van der Waals surface area contributed by atoms with Gasteiger partial charge >= 0.3 is 18.0 Å². The highest BCUT2D eigenvalue weighted by Gasteiger charge is 2.22. The molecule has 0 aromatic heterocycles. The normalized spacial score (nSPS) is 11.3. The molecule has 0 rings (SSSR count). The smallest absolute Gasteiger partial charge is 0.326 e. The average molecular weight is 230 g/mol. The Bertz CT molecular complexity index is 313. The second kappa shape index (κ2) is 6.44. The minimum Gasteiger partial charge on any atom is -0.481 e. The van der Waals surface area contributed by atoms with Gasteiger partial charge in [-0.15, -0.1) is 0 Å². The van der Waals surface area contributed by atoms with E-state index in [1.54, 1.807) is 6.92 Å². The lowest BCUT2D eigenvalue weighted by molar-refractivity contribution is -0.145. The Morgan fingerprint density at radius 2 is 1.88 bits per heavy atom. The first-order chi connectivity index (χ1) is 7.32. The van der Waals surface area contributed by atoms with Gasteiger partial charge in [0.05, 0.1) is 6.42 Å². The molecule has 1 atom stereocenters. The van der Waals surface area contributed by atoms with Crippen LogP contribution in [0.15, 0.2) is 12.2 Å². The molecule has 0 aliphatic heterocycles. The van der Waals surface area contributed by atoms with Gasteiger partial charge in [0, 0.05) is 6.54 Å². The van der Waals surface area contributed by atoms with Crippen LogP contribution in [0, 0.1) is 0 Å². The van der Waals surface area contributed by atoms with E-state index in [4.69, 9.17) is 10.2 Å². The number of carbonyl (C=O) groups is 3. The standard InChI is InChI=1S/C9H14N2O5/c1-5(2)4-10-9(16)11-6(8(14)15)3-7(12)13/h6H,1,3-4H2,2H3,(H,12,13)(H,14,15)(H2,10,11,16)/t6-/m1/s1. The van der Waals surface area contributed by atoms with Gasteiger partial charge in [0.25, 0.3) is 0 Å². The van der Waals surface area contributed by atoms with Crippen molar-refractivity contribution in [2.75, 3.05) is 6.54 Å². The Labute approximate surface area is 92.1 Å². The zero-order valence-electron chi connectivity index (χ0n) is 8.82. The number of aliphatic carboxylic acids is 2. The maximum absolute atomic E-state index is 11.1. The largest absolute Gasteiger partial charge is 0.481 e. The van der Waals surface area contributed by atoms with E-state index in [9.17, 15) is 14.4 Å². The predicted molar refractivity (Wildman–Crippen MR) is 55.0 cm³/mol. The molecular formula is C9H14N2O5. The van der Waals surface area contributed by atoms with Crippen molar-refractivity contribution in [2.45, 2.75) is 19.4 Å². The van der Waals surface area contributed by atoms with Crippen LogP contribution in [0.2, 0.25) is 0 Å². The number of rotatable bonds is 6. The minimum atomic E-state index is -1.44. The van der Waals surface area contributed by atoms with Gasteiger partial charge in [-0.2, -0.15) is 0 Å². The molecule has 0 saturated carbocycles. The maximum Gasteiger partial charge on any atom is 0.326 e. The Kier molecular flexibility index (Phi) is 5.61. The first-order valence-corrected chi connectivity index (χ1v) is 4.46. The molecule has 0 aromatic rings. The monoisotopic (exact) mass is 230 g/mol. The van der Waals surface area contributed by atoms with Crippen LogP contribution in [-0.4, -0.2) is 40.8 Å². The van der Waals surface area contributed by atoms with Crippen molar-refractivity contribution < 1.29 is 24.6 Å². The molecule has 0 spiro atoms. The fourth-order valence-electron chi connectivity index (χ4n) is 0.815. The van der Waals surface area contributed by atoms with Crippen LogP contribution in [0.25, 0.3) is 0 Å². The number of hydrogen-bond donors (Lipinski definition) is 4. The summed E-state index contributed by atoms with van der Waals surface area (Å²) in [5.41, 5.74) is 0.695. The minimum absolute atomic E-state index is 0.200. The molecule has 0 aromatic carbocycles. The highest BCUT2D eigenvalue weighted by atomic mass is 16.4. The van der Waals surface area contributed by atoms with Gasteiger partial charge in [-0.3, -0.25) is 4.79 Å². The van der Waals surface area contributed by atoms with Gasteiger partial charge in [0.15, 0.2) is 0 Å². The van der Waals surface area contributed by atoms with Crippen LogP contribution < -0.4 is 10.6 Å². The predicted octanol–water partition coefficient (Wildman–Crippen LogP) is -0.210. The third-order valence-corrected chi connectivity index (χ3v) is 1.53. The van der Waals surface area contributed by atoms with Crippen LogP contribution >= 0.6 is 0 Å². The van der Waals surface area contributed by atoms with Gasteiger partial charge in [0.2, 0.25) is 0 Å². The van der Waals surface area contributed by atoms with E-state index in [0.717, 1.165) is 0 Å². The molecule has 0 heterocycles. The topological polar surface area (TPSA) is 116 Å². The molecule has 0 unspecified atom stereocenters. The van der Waals surface area contributed by atoms with Gasteiger partial charge < -0.3 is 20.8 Å². The first-order valence-electron chi connectivity index (χ1n) is 4.46. The van der Waals surface area contributed by atoms with E-state index in [1.165, 1.54) is 0 Å². The number of hydrogen-bond acceptors (Lipinski definition) is 3.